The van der Waals surface area contributed by atoms with E-state index in [0.717, 1.165) is 0 Å². The van der Waals surface area contributed by atoms with Gasteiger partial charge in [0.15, 0.2) is 0 Å². The molecule has 1 rings (SSSR count). The van der Waals surface area contributed by atoms with Gasteiger partial charge in [-0.25, -0.2) is 0 Å². The van der Waals surface area contributed by atoms with Crippen LogP contribution in [0.3, 0.4) is 0 Å². The van der Waals surface area contributed by atoms with Gasteiger partial charge in [0.2, 0.25) is 0 Å². The Morgan fingerprint density at radius 1 is 0.297 bits per heavy atom. The van der Waals surface area contributed by atoms with Crippen LogP contribution in [0.2, 0.25) is 137 Å². The SMILES string of the molecule is C[Si](C)(C)[Si](C)(C)[Si](C)(C)[Si](C)(C)[Si](C)(C)[Si](C)(C)[Si](C)(C)[Si](C)(C)[Si](C)(C)[Si](C)(C)c1ccccc1. The molecular formula is C27H68Si10. The summed E-state index contributed by atoms with van der Waals surface area (Å²) in [6.45, 7) is 60.8. The molecule has 0 aliphatic rings. The van der Waals surface area contributed by atoms with E-state index in [2.05, 4.69) is 168 Å². The van der Waals surface area contributed by atoms with Crippen LogP contribution in [0, 0.1) is 0 Å². The Hall–Kier alpha value is 1.39. The first-order chi connectivity index (χ1) is 15.9. The molecule has 0 aliphatic carbocycles. The molecule has 0 aliphatic heterocycles. The van der Waals surface area contributed by atoms with Crippen LogP contribution in [0.4, 0.5) is 0 Å². The average molecular weight is 674 g/mol. The minimum atomic E-state index is -1.52. The molecule has 0 atom stereocenters. The fourth-order valence-corrected chi connectivity index (χ4v) is 320. The van der Waals surface area contributed by atoms with E-state index in [1.807, 2.05) is 0 Å². The lowest BCUT2D eigenvalue weighted by Gasteiger charge is -2.67. The van der Waals surface area contributed by atoms with Crippen LogP contribution in [0.1, 0.15) is 0 Å². The Kier molecular flexibility index (Phi) is 10.1. The van der Waals surface area contributed by atoms with Gasteiger partial charge in [0.05, 0.1) is 7.59 Å². The molecule has 0 N–H and O–H groups in total. The van der Waals surface area contributed by atoms with Gasteiger partial charge < -0.3 is 0 Å². The second kappa shape index (κ2) is 10.3. The largest absolute Gasteiger partial charge is 0.0735 e. The van der Waals surface area contributed by atoms with E-state index < -0.39 is 72.1 Å². The van der Waals surface area contributed by atoms with Crippen molar-refractivity contribution in [2.75, 3.05) is 0 Å². The number of benzene rings is 1. The van der Waals surface area contributed by atoms with Gasteiger partial charge in [-0.3, -0.25) is 0 Å². The summed E-state index contributed by atoms with van der Waals surface area (Å²) in [5, 5.41) is 1.74. The quantitative estimate of drug-likeness (QED) is 0.217. The van der Waals surface area contributed by atoms with Crippen LogP contribution in [-0.2, 0) is 0 Å². The van der Waals surface area contributed by atoms with E-state index in [-0.39, 0.29) is 0 Å². The highest BCUT2D eigenvalue weighted by Crippen LogP contribution is 2.47. The first-order valence-electron chi connectivity index (χ1n) is 14.9. The maximum atomic E-state index is 2.99. The molecule has 1 aromatic rings. The van der Waals surface area contributed by atoms with Crippen molar-refractivity contribution in [1.29, 1.82) is 0 Å². The molecule has 0 nitrogen and oxygen atoms in total. The molecule has 0 unspecified atom stereocenters. The molecule has 0 bridgehead atoms. The molecule has 0 saturated carbocycles. The third kappa shape index (κ3) is 5.04. The van der Waals surface area contributed by atoms with Gasteiger partial charge in [0, 0.05) is 64.5 Å². The van der Waals surface area contributed by atoms with E-state index >= 15 is 0 Å². The van der Waals surface area contributed by atoms with Crippen molar-refractivity contribution in [2.24, 2.45) is 0 Å². The van der Waals surface area contributed by atoms with Gasteiger partial charge in [0.1, 0.15) is 0 Å². The van der Waals surface area contributed by atoms with Gasteiger partial charge in [-0.15, -0.1) is 0 Å². The van der Waals surface area contributed by atoms with E-state index in [0.29, 0.717) is 0 Å². The van der Waals surface area contributed by atoms with Crippen LogP contribution in [0.5, 0.6) is 0 Å². The smallest absolute Gasteiger partial charge is 0.0711 e. The van der Waals surface area contributed by atoms with Crippen molar-refractivity contribution in [3.05, 3.63) is 30.3 Å². The number of rotatable bonds is 10. The molecule has 1 aromatic carbocycles. The average Bonchev–Trinajstić information content (AvgIpc) is 2.72. The number of hydrogen-bond acceptors (Lipinski definition) is 0. The summed E-state index contributed by atoms with van der Waals surface area (Å²) >= 11 is 0. The maximum absolute atomic E-state index is 2.99. The fourth-order valence-electron chi connectivity index (χ4n) is 7.62. The molecule has 0 fully saturated rings. The highest BCUT2D eigenvalue weighted by atomic mass is 30.1. The van der Waals surface area contributed by atoms with Crippen LogP contribution in [0.15, 0.2) is 30.3 Å². The highest BCUT2D eigenvalue weighted by molar-refractivity contribution is 8.07. The monoisotopic (exact) mass is 672 g/mol. The van der Waals surface area contributed by atoms with Crippen molar-refractivity contribution < 1.29 is 0 Å². The normalized spacial score (nSPS) is 16.2. The number of hydrogen-bond donors (Lipinski definition) is 0. The standard InChI is InChI=1S/C27H68Si10/c1-28(2,3)30(6,7)32(10,11)34(14,15)36(18,19)37(20,21)35(16,17)33(12,13)31(8,9)29(4,5)27-25-23-22-24-26-27/h22-26H,1-21H3. The van der Waals surface area contributed by atoms with Gasteiger partial charge in [0.25, 0.3) is 0 Å². The van der Waals surface area contributed by atoms with Crippen molar-refractivity contribution in [3.8, 4) is 0 Å². The molecule has 0 radical (unpaired) electrons. The maximum Gasteiger partial charge on any atom is 0.0711 e. The summed E-state index contributed by atoms with van der Waals surface area (Å²) < 4.78 is 0. The van der Waals surface area contributed by atoms with E-state index in [1.54, 1.807) is 5.19 Å². The topological polar surface area (TPSA) is 0 Å². The van der Waals surface area contributed by atoms with Gasteiger partial charge >= 0.3 is 0 Å². The van der Waals surface area contributed by atoms with E-state index in [1.165, 1.54) is 0 Å². The van der Waals surface area contributed by atoms with Gasteiger partial charge in [-0.05, 0) is 0 Å². The second-order valence-corrected chi connectivity index (χ2v) is 133. The van der Waals surface area contributed by atoms with Crippen LogP contribution >= 0.6 is 0 Å². The Labute approximate surface area is 243 Å². The van der Waals surface area contributed by atoms with Crippen LogP contribution in [0.25, 0.3) is 0 Å². The highest BCUT2D eigenvalue weighted by Gasteiger charge is 2.71. The van der Waals surface area contributed by atoms with Crippen molar-refractivity contribution in [3.63, 3.8) is 0 Å². The Balaban J connectivity index is 3.81. The predicted octanol–water partition coefficient (Wildman–Crippen LogP) is 9.31. The molecule has 216 valence electrons. The van der Waals surface area contributed by atoms with Crippen molar-refractivity contribution in [2.45, 2.75) is 137 Å². The molecule has 10 heteroatoms. The summed E-state index contributed by atoms with van der Waals surface area (Å²) in [7, 11) is -13.8. The van der Waals surface area contributed by atoms with E-state index in [4.69, 9.17) is 0 Å². The molecule has 37 heavy (non-hydrogen) atoms. The molecule has 0 amide bonds. The zero-order chi connectivity index (χ0) is 30.1. The predicted molar refractivity (Wildman–Crippen MR) is 207 cm³/mol. The van der Waals surface area contributed by atoms with Gasteiger partial charge in [-0.1, -0.05) is 173 Å². The summed E-state index contributed by atoms with van der Waals surface area (Å²) in [4.78, 5) is 0. The van der Waals surface area contributed by atoms with Gasteiger partial charge in [-0.2, -0.15) is 0 Å². The summed E-state index contributed by atoms with van der Waals surface area (Å²) in [6.07, 6.45) is 0. The lowest BCUT2D eigenvalue weighted by molar-refractivity contribution is 1.70. The first kappa shape index (κ1) is 36.4. The molecule has 0 saturated heterocycles. The molecular weight excluding hydrogens is 605 g/mol. The van der Waals surface area contributed by atoms with Crippen LogP contribution in [-0.4, -0.2) is 72.1 Å². The minimum Gasteiger partial charge on any atom is -0.0735 e. The zero-order valence-electron chi connectivity index (χ0n) is 29.4. The van der Waals surface area contributed by atoms with Crippen molar-refractivity contribution >= 4 is 77.2 Å². The molecule has 0 aromatic heterocycles. The molecule has 0 spiro atoms. The molecule has 0 heterocycles. The fraction of sp³-hybridized carbons (Fsp3) is 0.778. The first-order valence-corrected chi connectivity index (χ1v) is 54.4. The third-order valence-electron chi connectivity index (χ3n) is 15.9. The lowest BCUT2D eigenvalue weighted by atomic mass is 10.4. The van der Waals surface area contributed by atoms with E-state index in [9.17, 15) is 0 Å². The second-order valence-electron chi connectivity index (χ2n) is 18.2. The Morgan fingerprint density at radius 3 is 0.811 bits per heavy atom. The Bertz CT molecular complexity index is 949. The van der Waals surface area contributed by atoms with Crippen molar-refractivity contribution in [1.82, 2.24) is 0 Å². The summed E-state index contributed by atoms with van der Waals surface area (Å²) in [5.74, 6) is 0. The zero-order valence-corrected chi connectivity index (χ0v) is 39.4. The summed E-state index contributed by atoms with van der Waals surface area (Å²) in [5.41, 5.74) is 0. The minimum absolute atomic E-state index is 1.14. The summed E-state index contributed by atoms with van der Waals surface area (Å²) in [6, 6.07) is 11.8. The Morgan fingerprint density at radius 2 is 0.541 bits per heavy atom. The third-order valence-corrected chi connectivity index (χ3v) is 240. The lowest BCUT2D eigenvalue weighted by Crippen LogP contribution is -2.95. The van der Waals surface area contributed by atoms with Crippen LogP contribution < -0.4 is 5.19 Å².